The highest BCUT2D eigenvalue weighted by Crippen LogP contribution is 2.30. The summed E-state index contributed by atoms with van der Waals surface area (Å²) in [5, 5.41) is 2.28. The van der Waals surface area contributed by atoms with Crippen LogP contribution in [0.25, 0.3) is 10.8 Å². The van der Waals surface area contributed by atoms with E-state index in [4.69, 9.17) is 10.5 Å². The summed E-state index contributed by atoms with van der Waals surface area (Å²) in [6.45, 7) is 6.18. The van der Waals surface area contributed by atoms with E-state index >= 15 is 0 Å². The maximum atomic E-state index is 5.99. The van der Waals surface area contributed by atoms with Gasteiger partial charge in [0.1, 0.15) is 0 Å². The van der Waals surface area contributed by atoms with Gasteiger partial charge >= 0.3 is 0 Å². The van der Waals surface area contributed by atoms with Gasteiger partial charge < -0.3 is 10.5 Å². The summed E-state index contributed by atoms with van der Waals surface area (Å²) in [5.41, 5.74) is 8.00. The summed E-state index contributed by atoms with van der Waals surface area (Å²) in [7, 11) is 0. The largest absolute Gasteiger partial charge is 0.398 e. The first-order valence-electron chi connectivity index (χ1n) is 6.02. The van der Waals surface area contributed by atoms with E-state index < -0.39 is 0 Å². The topological polar surface area (TPSA) is 35.2 Å². The second kappa shape index (κ2) is 4.76. The summed E-state index contributed by atoms with van der Waals surface area (Å²) in [4.78, 5) is 0. The van der Waals surface area contributed by atoms with E-state index in [0.29, 0.717) is 0 Å². The molecule has 2 aromatic carbocycles. The number of hydrogen-bond acceptors (Lipinski definition) is 2. The Morgan fingerprint density at radius 1 is 0.941 bits per heavy atom. The molecule has 1 unspecified atom stereocenters. The van der Waals surface area contributed by atoms with Crippen LogP contribution in [0.2, 0.25) is 0 Å². The minimum atomic E-state index is 0.0838. The number of anilines is 1. The third kappa shape index (κ3) is 2.42. The molecule has 0 aliphatic heterocycles. The molecule has 2 rings (SSSR count). The molecular weight excluding hydrogens is 210 g/mol. The van der Waals surface area contributed by atoms with Crippen molar-refractivity contribution in [3.63, 3.8) is 0 Å². The summed E-state index contributed by atoms with van der Waals surface area (Å²) in [5.74, 6) is 0. The fraction of sp³-hybridized carbons (Fsp3) is 0.333. The van der Waals surface area contributed by atoms with Crippen molar-refractivity contribution < 1.29 is 4.74 Å². The second-order valence-electron chi connectivity index (χ2n) is 4.62. The first-order chi connectivity index (χ1) is 8.09. The van der Waals surface area contributed by atoms with Gasteiger partial charge in [-0.25, -0.2) is 0 Å². The molecule has 1 atom stereocenters. The van der Waals surface area contributed by atoms with Crippen molar-refractivity contribution in [3.05, 3.63) is 42.0 Å². The normalized spacial score (nSPS) is 13.2. The van der Waals surface area contributed by atoms with Gasteiger partial charge in [0.05, 0.1) is 12.2 Å². The van der Waals surface area contributed by atoms with Crippen molar-refractivity contribution >= 4 is 16.5 Å². The van der Waals surface area contributed by atoms with Gasteiger partial charge in [-0.1, -0.05) is 30.3 Å². The molecule has 0 saturated heterocycles. The first kappa shape index (κ1) is 11.9. The average Bonchev–Trinajstić information content (AvgIpc) is 2.29. The fourth-order valence-electron chi connectivity index (χ4n) is 2.18. The molecule has 0 radical (unpaired) electrons. The molecule has 2 N–H and O–H groups in total. The van der Waals surface area contributed by atoms with Crippen molar-refractivity contribution in [3.8, 4) is 0 Å². The lowest BCUT2D eigenvalue weighted by Gasteiger charge is -2.19. The predicted molar refractivity (Wildman–Crippen MR) is 73.0 cm³/mol. The van der Waals surface area contributed by atoms with Crippen LogP contribution in [0, 0.1) is 0 Å². The fourth-order valence-corrected chi connectivity index (χ4v) is 2.18. The maximum Gasteiger partial charge on any atom is 0.0806 e. The van der Waals surface area contributed by atoms with Crippen molar-refractivity contribution in [1.82, 2.24) is 0 Å². The van der Waals surface area contributed by atoms with Crippen molar-refractivity contribution in [2.45, 2.75) is 33.0 Å². The van der Waals surface area contributed by atoms with E-state index in [0.717, 1.165) is 11.1 Å². The number of fused-ring (bicyclic) bond motifs is 1. The SMILES string of the molecule is CC(C)OC(C)c1ccc(N)c2ccccc12. The zero-order chi connectivity index (χ0) is 12.4. The molecule has 90 valence electrons. The Kier molecular flexibility index (Phi) is 3.34. The lowest BCUT2D eigenvalue weighted by Crippen LogP contribution is -2.08. The summed E-state index contributed by atoms with van der Waals surface area (Å²) < 4.78 is 5.84. The van der Waals surface area contributed by atoms with Crippen molar-refractivity contribution in [1.29, 1.82) is 0 Å². The summed E-state index contributed by atoms with van der Waals surface area (Å²) in [6, 6.07) is 12.2. The minimum Gasteiger partial charge on any atom is -0.398 e. The third-order valence-corrected chi connectivity index (χ3v) is 2.91. The average molecular weight is 229 g/mol. The van der Waals surface area contributed by atoms with Crippen LogP contribution in [0.3, 0.4) is 0 Å². The molecule has 0 aliphatic carbocycles. The highest BCUT2D eigenvalue weighted by atomic mass is 16.5. The lowest BCUT2D eigenvalue weighted by molar-refractivity contribution is 0.0187. The van der Waals surface area contributed by atoms with Crippen LogP contribution in [0.15, 0.2) is 36.4 Å². The zero-order valence-electron chi connectivity index (χ0n) is 10.6. The van der Waals surface area contributed by atoms with Gasteiger partial charge in [-0.2, -0.15) is 0 Å². The van der Waals surface area contributed by atoms with Gasteiger partial charge in [-0.05, 0) is 37.8 Å². The summed E-state index contributed by atoms with van der Waals surface area (Å²) in [6.07, 6.45) is 0.307. The minimum absolute atomic E-state index is 0.0838. The van der Waals surface area contributed by atoms with Gasteiger partial charge in [0.2, 0.25) is 0 Å². The van der Waals surface area contributed by atoms with Gasteiger partial charge in [-0.3, -0.25) is 0 Å². The molecule has 0 saturated carbocycles. The van der Waals surface area contributed by atoms with E-state index in [9.17, 15) is 0 Å². The number of nitrogen functional groups attached to an aromatic ring is 1. The number of rotatable bonds is 3. The van der Waals surface area contributed by atoms with Gasteiger partial charge in [-0.15, -0.1) is 0 Å². The molecule has 0 aliphatic rings. The zero-order valence-corrected chi connectivity index (χ0v) is 10.6. The molecule has 0 heterocycles. The monoisotopic (exact) mass is 229 g/mol. The number of hydrogen-bond donors (Lipinski definition) is 1. The molecule has 0 amide bonds. The van der Waals surface area contributed by atoms with Crippen LogP contribution in [0.4, 0.5) is 5.69 Å². The van der Waals surface area contributed by atoms with Crippen LogP contribution in [-0.2, 0) is 4.74 Å². The Hall–Kier alpha value is -1.54. The van der Waals surface area contributed by atoms with Gasteiger partial charge in [0, 0.05) is 11.1 Å². The second-order valence-corrected chi connectivity index (χ2v) is 4.62. The molecule has 17 heavy (non-hydrogen) atoms. The standard InChI is InChI=1S/C15H19NO/c1-10(2)17-11(3)12-8-9-15(16)14-7-5-4-6-13(12)14/h4-11H,16H2,1-3H3. The molecule has 2 aromatic rings. The Balaban J connectivity index is 2.51. The maximum absolute atomic E-state index is 5.99. The molecule has 2 heteroatoms. The Morgan fingerprint density at radius 3 is 2.24 bits per heavy atom. The Bertz CT molecular complexity index is 519. The highest BCUT2D eigenvalue weighted by Gasteiger charge is 2.12. The predicted octanol–water partition coefficient (Wildman–Crippen LogP) is 3.91. The van der Waals surface area contributed by atoms with Gasteiger partial charge in [0.15, 0.2) is 0 Å². The lowest BCUT2D eigenvalue weighted by atomic mass is 10.00. The first-order valence-corrected chi connectivity index (χ1v) is 6.02. The quantitative estimate of drug-likeness (QED) is 0.810. The van der Waals surface area contributed by atoms with Crippen LogP contribution in [-0.4, -0.2) is 6.10 Å². The molecule has 0 fully saturated rings. The van der Waals surface area contributed by atoms with Crippen LogP contribution >= 0.6 is 0 Å². The third-order valence-electron chi connectivity index (χ3n) is 2.91. The van der Waals surface area contributed by atoms with Crippen molar-refractivity contribution in [2.75, 3.05) is 5.73 Å². The molecule has 0 aromatic heterocycles. The van der Waals surface area contributed by atoms with Crippen LogP contribution in [0.1, 0.15) is 32.4 Å². The highest BCUT2D eigenvalue weighted by molar-refractivity contribution is 5.95. The number of benzene rings is 2. The number of ether oxygens (including phenoxy) is 1. The Labute approximate surface area is 102 Å². The number of nitrogens with two attached hydrogens (primary N) is 1. The van der Waals surface area contributed by atoms with E-state index in [1.165, 1.54) is 10.9 Å². The van der Waals surface area contributed by atoms with E-state index in [-0.39, 0.29) is 12.2 Å². The van der Waals surface area contributed by atoms with E-state index in [2.05, 4.69) is 39.0 Å². The molecular formula is C15H19NO. The van der Waals surface area contributed by atoms with Gasteiger partial charge in [0.25, 0.3) is 0 Å². The molecule has 0 spiro atoms. The van der Waals surface area contributed by atoms with E-state index in [1.807, 2.05) is 18.2 Å². The molecule has 2 nitrogen and oxygen atoms in total. The summed E-state index contributed by atoms with van der Waals surface area (Å²) >= 11 is 0. The smallest absolute Gasteiger partial charge is 0.0806 e. The molecule has 0 bridgehead atoms. The van der Waals surface area contributed by atoms with Crippen LogP contribution < -0.4 is 5.73 Å². The van der Waals surface area contributed by atoms with Crippen molar-refractivity contribution in [2.24, 2.45) is 0 Å². The van der Waals surface area contributed by atoms with Crippen LogP contribution in [0.5, 0.6) is 0 Å². The van der Waals surface area contributed by atoms with E-state index in [1.54, 1.807) is 0 Å². The Morgan fingerprint density at radius 2 is 1.59 bits per heavy atom.